The number of pyridine rings is 1. The van der Waals surface area contributed by atoms with Crippen molar-refractivity contribution in [2.24, 2.45) is 0 Å². The first-order valence-corrected chi connectivity index (χ1v) is 13.7. The van der Waals surface area contributed by atoms with E-state index in [2.05, 4.69) is 11.4 Å². The van der Waals surface area contributed by atoms with Crippen LogP contribution in [0.4, 0.5) is 5.69 Å². The molecule has 5 rings (SSSR count). The lowest BCUT2D eigenvalue weighted by Gasteiger charge is -2.15. The number of nitrogens with one attached hydrogen (secondary N) is 1. The van der Waals surface area contributed by atoms with Crippen LogP contribution in [0.3, 0.4) is 0 Å². The lowest BCUT2D eigenvalue weighted by Crippen LogP contribution is -2.12. The van der Waals surface area contributed by atoms with Crippen LogP contribution in [0.15, 0.2) is 102 Å². The van der Waals surface area contributed by atoms with Crippen LogP contribution in [0.5, 0.6) is 11.5 Å². The van der Waals surface area contributed by atoms with Crippen molar-refractivity contribution in [3.63, 3.8) is 0 Å². The Morgan fingerprint density at radius 2 is 1.65 bits per heavy atom. The van der Waals surface area contributed by atoms with Gasteiger partial charge in [0.05, 0.1) is 25.5 Å². The molecule has 0 atom stereocenters. The van der Waals surface area contributed by atoms with E-state index in [1.165, 1.54) is 11.8 Å². The number of thioether (sulfide) groups is 1. The molecule has 1 aromatic heterocycles. The second kappa shape index (κ2) is 12.4. The first kappa shape index (κ1) is 26.8. The second-order valence-electron chi connectivity index (χ2n) is 8.99. The van der Waals surface area contributed by atoms with Crippen molar-refractivity contribution in [2.45, 2.75) is 11.4 Å². The topological polar surface area (TPSA) is 84.2 Å². The number of nitriles is 1. The van der Waals surface area contributed by atoms with Crippen molar-refractivity contribution in [3.05, 3.63) is 103 Å². The van der Waals surface area contributed by atoms with Gasteiger partial charge >= 0.3 is 0 Å². The second-order valence-corrected chi connectivity index (χ2v) is 10.1. The fourth-order valence-electron chi connectivity index (χ4n) is 4.46. The molecule has 0 aliphatic heterocycles. The largest absolute Gasteiger partial charge is 0.497 e. The number of methoxy groups -OCH3 is 2. The fourth-order valence-corrected chi connectivity index (χ4v) is 5.40. The minimum Gasteiger partial charge on any atom is -0.497 e. The molecule has 7 heteroatoms. The van der Waals surface area contributed by atoms with E-state index in [0.29, 0.717) is 33.4 Å². The number of carbonyl (C=O) groups excluding carboxylic acids is 1. The van der Waals surface area contributed by atoms with Crippen molar-refractivity contribution in [1.82, 2.24) is 4.98 Å². The third-order valence-electron chi connectivity index (χ3n) is 6.47. The highest BCUT2D eigenvalue weighted by atomic mass is 32.2. The zero-order valence-electron chi connectivity index (χ0n) is 22.2. The van der Waals surface area contributed by atoms with Gasteiger partial charge < -0.3 is 14.8 Å². The van der Waals surface area contributed by atoms with E-state index < -0.39 is 0 Å². The molecule has 1 heterocycles. The summed E-state index contributed by atoms with van der Waals surface area (Å²) in [5, 5.41) is 16.0. The number of aromatic nitrogens is 1. The van der Waals surface area contributed by atoms with E-state index in [1.54, 1.807) is 14.2 Å². The standard InChI is InChI=1S/C33H27N3O3S/c1-38-26-14-15-31(39-2)28(19-26)27-20-30(23-9-4-3-5-10-23)36-33(29(27)21-34)40-17-16-32(37)35-25-13-12-22-8-6-7-11-24(22)18-25/h3-15,18-20H,16-17H2,1-2H3,(H,35,37). The van der Waals surface area contributed by atoms with Crippen molar-refractivity contribution in [3.8, 4) is 40.0 Å². The number of ether oxygens (including phenoxy) is 2. The summed E-state index contributed by atoms with van der Waals surface area (Å²) in [4.78, 5) is 17.6. The highest BCUT2D eigenvalue weighted by Gasteiger charge is 2.19. The summed E-state index contributed by atoms with van der Waals surface area (Å²) in [6.45, 7) is 0. The molecule has 0 radical (unpaired) electrons. The molecular formula is C33H27N3O3S. The summed E-state index contributed by atoms with van der Waals surface area (Å²) in [5.41, 5.74) is 4.24. The molecule has 0 spiro atoms. The van der Waals surface area contributed by atoms with Gasteiger partial charge in [0.15, 0.2) is 0 Å². The minimum atomic E-state index is -0.102. The molecule has 0 saturated heterocycles. The summed E-state index contributed by atoms with van der Waals surface area (Å²) in [5.74, 6) is 1.62. The smallest absolute Gasteiger partial charge is 0.225 e. The average Bonchev–Trinajstić information content (AvgIpc) is 3.00. The Balaban J connectivity index is 1.43. The summed E-state index contributed by atoms with van der Waals surface area (Å²) in [6.07, 6.45) is 0.261. The number of benzene rings is 4. The van der Waals surface area contributed by atoms with E-state index in [1.807, 2.05) is 97.1 Å². The van der Waals surface area contributed by atoms with E-state index >= 15 is 0 Å². The van der Waals surface area contributed by atoms with E-state index in [-0.39, 0.29) is 12.3 Å². The summed E-state index contributed by atoms with van der Waals surface area (Å²) >= 11 is 1.39. The number of amides is 1. The molecule has 0 fully saturated rings. The summed E-state index contributed by atoms with van der Waals surface area (Å²) < 4.78 is 11.1. The molecule has 5 aromatic rings. The summed E-state index contributed by atoms with van der Waals surface area (Å²) in [7, 11) is 3.20. The highest BCUT2D eigenvalue weighted by molar-refractivity contribution is 7.99. The number of hydrogen-bond acceptors (Lipinski definition) is 6. The molecule has 198 valence electrons. The van der Waals surface area contributed by atoms with Crippen molar-refractivity contribution < 1.29 is 14.3 Å². The van der Waals surface area contributed by atoms with Gasteiger partial charge in [0.25, 0.3) is 0 Å². The van der Waals surface area contributed by atoms with Crippen LogP contribution in [-0.2, 0) is 4.79 Å². The van der Waals surface area contributed by atoms with Gasteiger partial charge in [-0.3, -0.25) is 4.79 Å². The van der Waals surface area contributed by atoms with Gasteiger partial charge in [0.2, 0.25) is 5.91 Å². The van der Waals surface area contributed by atoms with Crippen molar-refractivity contribution >= 4 is 34.1 Å². The summed E-state index contributed by atoms with van der Waals surface area (Å²) in [6, 6.07) is 33.4. The molecule has 6 nitrogen and oxygen atoms in total. The molecule has 0 bridgehead atoms. The van der Waals surface area contributed by atoms with Crippen LogP contribution in [0.1, 0.15) is 12.0 Å². The first-order chi connectivity index (χ1) is 19.6. The zero-order chi connectivity index (χ0) is 27.9. The molecule has 0 unspecified atom stereocenters. The highest BCUT2D eigenvalue weighted by Crippen LogP contribution is 2.40. The molecule has 1 N–H and O–H groups in total. The van der Waals surface area contributed by atoms with E-state index in [4.69, 9.17) is 14.5 Å². The lowest BCUT2D eigenvalue weighted by atomic mass is 9.98. The van der Waals surface area contributed by atoms with Crippen LogP contribution in [-0.4, -0.2) is 30.9 Å². The number of carbonyl (C=O) groups is 1. The third kappa shape index (κ3) is 5.93. The van der Waals surface area contributed by atoms with Gasteiger partial charge in [-0.2, -0.15) is 5.26 Å². The van der Waals surface area contributed by atoms with E-state index in [0.717, 1.165) is 33.3 Å². The maximum atomic E-state index is 12.8. The molecule has 1 amide bonds. The number of nitrogens with zero attached hydrogens (tertiary/aromatic N) is 2. The van der Waals surface area contributed by atoms with Gasteiger partial charge in [-0.1, -0.05) is 60.7 Å². The SMILES string of the molecule is COc1ccc(OC)c(-c2cc(-c3ccccc3)nc(SCCC(=O)Nc3ccc4ccccc4c3)c2C#N)c1. The Hall–Kier alpha value is -4.80. The maximum Gasteiger partial charge on any atom is 0.225 e. The first-order valence-electron chi connectivity index (χ1n) is 12.7. The molecule has 0 aliphatic carbocycles. The minimum absolute atomic E-state index is 0.102. The molecule has 4 aromatic carbocycles. The Kier molecular flexibility index (Phi) is 8.29. The molecular weight excluding hydrogens is 518 g/mol. The van der Waals surface area contributed by atoms with Crippen molar-refractivity contribution in [2.75, 3.05) is 25.3 Å². The molecule has 0 saturated carbocycles. The Labute approximate surface area is 237 Å². The molecule has 0 aliphatic rings. The van der Waals surface area contributed by atoms with Crippen LogP contribution < -0.4 is 14.8 Å². The maximum absolute atomic E-state index is 12.8. The van der Waals surface area contributed by atoms with Crippen LogP contribution >= 0.6 is 11.8 Å². The monoisotopic (exact) mass is 545 g/mol. The third-order valence-corrected chi connectivity index (χ3v) is 7.44. The normalized spacial score (nSPS) is 10.6. The predicted molar refractivity (Wildman–Crippen MR) is 161 cm³/mol. The number of rotatable bonds is 9. The Morgan fingerprint density at radius 1 is 0.875 bits per heavy atom. The molecule has 40 heavy (non-hydrogen) atoms. The van der Waals surface area contributed by atoms with Gasteiger partial charge in [-0.05, 0) is 47.2 Å². The number of fused-ring (bicyclic) bond motifs is 1. The Bertz CT molecular complexity index is 1710. The van der Waals surface area contributed by atoms with Gasteiger partial charge in [0, 0.05) is 34.6 Å². The lowest BCUT2D eigenvalue weighted by molar-refractivity contribution is -0.115. The zero-order valence-corrected chi connectivity index (χ0v) is 23.0. The van der Waals surface area contributed by atoms with Crippen LogP contribution in [0, 0.1) is 11.3 Å². The quantitative estimate of drug-likeness (QED) is 0.192. The van der Waals surface area contributed by atoms with Crippen molar-refractivity contribution in [1.29, 1.82) is 5.26 Å². The predicted octanol–water partition coefficient (Wildman–Crippen LogP) is 7.58. The van der Waals surface area contributed by atoms with Crippen LogP contribution in [0.2, 0.25) is 0 Å². The number of hydrogen-bond donors (Lipinski definition) is 1. The van der Waals surface area contributed by atoms with Gasteiger partial charge in [-0.25, -0.2) is 4.98 Å². The Morgan fingerprint density at radius 3 is 2.40 bits per heavy atom. The average molecular weight is 546 g/mol. The fraction of sp³-hybridized carbons (Fsp3) is 0.121. The van der Waals surface area contributed by atoms with Gasteiger partial charge in [0.1, 0.15) is 22.6 Å². The van der Waals surface area contributed by atoms with E-state index in [9.17, 15) is 10.1 Å². The van der Waals surface area contributed by atoms with Crippen LogP contribution in [0.25, 0.3) is 33.2 Å². The van der Waals surface area contributed by atoms with Gasteiger partial charge in [-0.15, -0.1) is 11.8 Å². The number of anilines is 1.